The molecule has 380 valence electrons. The van der Waals surface area contributed by atoms with E-state index in [1.54, 1.807) is 0 Å². The first kappa shape index (κ1) is 61.3. The molecule has 0 radical (unpaired) electrons. The van der Waals surface area contributed by atoms with E-state index >= 15 is 0 Å². The summed E-state index contributed by atoms with van der Waals surface area (Å²) in [6, 6.07) is 0. The molecule has 3 heterocycles. The summed E-state index contributed by atoms with van der Waals surface area (Å²) >= 11 is 1.16. The summed E-state index contributed by atoms with van der Waals surface area (Å²) in [6.45, 7) is 2.82. The van der Waals surface area contributed by atoms with Gasteiger partial charge >= 0.3 is 42.3 Å². The van der Waals surface area contributed by atoms with Gasteiger partial charge < -0.3 is 52.3 Å². The van der Waals surface area contributed by atoms with Crippen LogP contribution in [0.1, 0.15) is 131 Å². The van der Waals surface area contributed by atoms with Crippen molar-refractivity contribution in [1.82, 2.24) is 30.2 Å². The SMILES string of the molecule is CCCCCCCCCCCCCCCCC(=O)SCCNC(=O)CCNC(=O)[C@H](O)C(C)(C)COP(=O)(O)OP(=O)(O)OC[C@H]1O[C@@H](n2cnc3c(N)ncnc32)[C@H](O)[C@@H]1OP(=O)(O)O.[H-].[Li+]. The first-order chi connectivity index (χ1) is 31.1. The van der Waals surface area contributed by atoms with Crippen molar-refractivity contribution in [2.75, 3.05) is 37.8 Å². The van der Waals surface area contributed by atoms with Gasteiger partial charge in [-0.3, -0.25) is 32.5 Å². The molecule has 1 aliphatic rings. The van der Waals surface area contributed by atoms with E-state index in [-0.39, 0.29) is 61.9 Å². The number of aliphatic hydroxyl groups is 2. The third-order valence-corrected chi connectivity index (χ3v) is 14.5. The van der Waals surface area contributed by atoms with Crippen LogP contribution >= 0.6 is 35.2 Å². The van der Waals surface area contributed by atoms with Gasteiger partial charge in [-0.1, -0.05) is 116 Å². The number of fused-ring (bicyclic) bond motifs is 1. The minimum atomic E-state index is -5.57. The van der Waals surface area contributed by atoms with Gasteiger partial charge in [-0.15, -0.1) is 0 Å². The second kappa shape index (κ2) is 30.1. The molecular formula is C38H69LiN7O17P3S. The molecule has 0 spiro atoms. The van der Waals surface area contributed by atoms with E-state index in [0.717, 1.165) is 48.2 Å². The summed E-state index contributed by atoms with van der Waals surface area (Å²) in [5, 5.41) is 26.7. The number of nitrogens with one attached hydrogen (secondary N) is 2. The number of thioether (sulfide) groups is 1. The number of anilines is 1. The molecule has 29 heteroatoms. The van der Waals surface area contributed by atoms with E-state index in [1.165, 1.54) is 84.5 Å². The van der Waals surface area contributed by atoms with Crippen LogP contribution in [0, 0.1) is 5.41 Å². The van der Waals surface area contributed by atoms with Crippen LogP contribution < -0.4 is 35.2 Å². The van der Waals surface area contributed by atoms with Gasteiger partial charge in [0.2, 0.25) is 11.8 Å². The van der Waals surface area contributed by atoms with Crippen LogP contribution in [-0.4, -0.2) is 123 Å². The number of nitrogens with two attached hydrogens (primary N) is 1. The van der Waals surface area contributed by atoms with Gasteiger partial charge in [0.1, 0.15) is 36.3 Å². The van der Waals surface area contributed by atoms with E-state index < -0.39 is 84.6 Å². The van der Waals surface area contributed by atoms with Gasteiger partial charge in [-0.25, -0.2) is 28.6 Å². The number of aromatic nitrogens is 4. The Bertz CT molecular complexity index is 1990. The number of phosphoric acid groups is 3. The molecule has 2 amide bonds. The molecule has 0 aromatic carbocycles. The third kappa shape index (κ3) is 22.8. The molecule has 10 N–H and O–H groups in total. The van der Waals surface area contributed by atoms with Gasteiger partial charge in [0.25, 0.3) is 0 Å². The number of aliphatic hydroxyl groups excluding tert-OH is 2. The van der Waals surface area contributed by atoms with Crippen LogP contribution in [-0.2, 0) is 50.7 Å². The molecule has 3 rings (SSSR count). The Hall–Kier alpha value is -1.84. The summed E-state index contributed by atoms with van der Waals surface area (Å²) in [5.74, 6) is -1.02. The first-order valence-corrected chi connectivity index (χ1v) is 27.6. The van der Waals surface area contributed by atoms with E-state index in [0.29, 0.717) is 12.2 Å². The number of unbranched alkanes of at least 4 members (excludes halogenated alkanes) is 13. The number of amides is 2. The molecule has 0 bridgehead atoms. The number of hydrogen-bond acceptors (Lipinski definition) is 18. The number of carbonyl (C=O) groups is 3. The zero-order valence-corrected chi connectivity index (χ0v) is 42.2. The molecule has 2 aromatic rings. The molecule has 67 heavy (non-hydrogen) atoms. The molecule has 1 aliphatic heterocycles. The molecule has 24 nitrogen and oxygen atoms in total. The van der Waals surface area contributed by atoms with Crippen LogP contribution in [0.5, 0.6) is 0 Å². The maximum Gasteiger partial charge on any atom is 1.00 e. The molecular weight excluding hydrogens is 958 g/mol. The summed E-state index contributed by atoms with van der Waals surface area (Å²) < 4.78 is 62.4. The molecule has 0 aliphatic carbocycles. The number of nitrogens with zero attached hydrogens (tertiary/aromatic N) is 4. The van der Waals surface area contributed by atoms with E-state index in [9.17, 15) is 57.9 Å². The Balaban J connectivity index is 0.0000116. The van der Waals surface area contributed by atoms with Gasteiger partial charge in [0, 0.05) is 37.1 Å². The van der Waals surface area contributed by atoms with Crippen molar-refractivity contribution in [2.24, 2.45) is 5.41 Å². The van der Waals surface area contributed by atoms with Gasteiger partial charge in [-0.05, 0) is 6.42 Å². The number of nitrogen functional groups attached to an aromatic ring is 1. The average molecular weight is 1030 g/mol. The van der Waals surface area contributed by atoms with Crippen molar-refractivity contribution in [3.8, 4) is 0 Å². The van der Waals surface area contributed by atoms with Crippen LogP contribution in [0.4, 0.5) is 5.82 Å². The van der Waals surface area contributed by atoms with Gasteiger partial charge in [0.15, 0.2) is 22.8 Å². The smallest absolute Gasteiger partial charge is 1.00 e. The van der Waals surface area contributed by atoms with Crippen LogP contribution in [0.3, 0.4) is 0 Å². The van der Waals surface area contributed by atoms with Crippen molar-refractivity contribution in [2.45, 2.75) is 154 Å². The molecule has 1 saturated heterocycles. The Kier molecular flexibility index (Phi) is 27.6. The molecule has 1 fully saturated rings. The van der Waals surface area contributed by atoms with Crippen molar-refractivity contribution in [3.63, 3.8) is 0 Å². The predicted molar refractivity (Wildman–Crippen MR) is 243 cm³/mol. The summed E-state index contributed by atoms with van der Waals surface area (Å²) in [6.07, 6.45) is 10.9. The Morgan fingerprint density at radius 1 is 0.881 bits per heavy atom. The Morgan fingerprint density at radius 2 is 1.46 bits per heavy atom. The maximum absolute atomic E-state index is 12.7. The normalized spacial score (nSPS) is 19.9. The summed E-state index contributed by atoms with van der Waals surface area (Å²) in [5.41, 5.74) is 4.29. The second-order valence-electron chi connectivity index (χ2n) is 16.6. The first-order valence-electron chi connectivity index (χ1n) is 22.1. The Morgan fingerprint density at radius 3 is 2.06 bits per heavy atom. The van der Waals surface area contributed by atoms with Crippen LogP contribution in [0.25, 0.3) is 11.2 Å². The van der Waals surface area contributed by atoms with Crippen LogP contribution in [0.2, 0.25) is 0 Å². The molecule has 7 atom stereocenters. The minimum Gasteiger partial charge on any atom is -1.00 e. The summed E-state index contributed by atoms with van der Waals surface area (Å²) in [4.78, 5) is 88.3. The fourth-order valence-electron chi connectivity index (χ4n) is 6.83. The number of imidazole rings is 1. The minimum absolute atomic E-state index is 0. The molecule has 2 unspecified atom stereocenters. The van der Waals surface area contributed by atoms with Crippen molar-refractivity contribution in [3.05, 3.63) is 12.7 Å². The molecule has 2 aromatic heterocycles. The number of ether oxygens (including phenoxy) is 1. The number of carbonyl (C=O) groups excluding carboxylic acids is 3. The predicted octanol–water partition coefficient (Wildman–Crippen LogP) is 1.65. The largest absolute Gasteiger partial charge is 1.00 e. The van der Waals surface area contributed by atoms with Crippen molar-refractivity contribution < 1.29 is 101 Å². The topological polar surface area (TPSA) is 364 Å². The Labute approximate surface area is 408 Å². The summed E-state index contributed by atoms with van der Waals surface area (Å²) in [7, 11) is -16.4. The van der Waals surface area contributed by atoms with Crippen molar-refractivity contribution >= 4 is 69.1 Å². The zero-order chi connectivity index (χ0) is 49.0. The van der Waals surface area contributed by atoms with Crippen LogP contribution in [0.15, 0.2) is 12.7 Å². The van der Waals surface area contributed by atoms with Gasteiger partial charge in [0.05, 0.1) is 19.5 Å². The fraction of sp³-hybridized carbons (Fsp3) is 0.789. The van der Waals surface area contributed by atoms with E-state index in [1.807, 2.05) is 0 Å². The third-order valence-electron chi connectivity index (χ3n) is 10.5. The quantitative estimate of drug-likeness (QED) is 0.0273. The number of phosphoric ester groups is 3. The van der Waals surface area contributed by atoms with E-state index in [2.05, 4.69) is 41.3 Å². The fourth-order valence-corrected chi connectivity index (χ4v) is 10.4. The number of hydrogen-bond donors (Lipinski definition) is 9. The monoisotopic (exact) mass is 1030 g/mol. The average Bonchev–Trinajstić information content (AvgIpc) is 3.80. The van der Waals surface area contributed by atoms with Gasteiger partial charge in [-0.2, -0.15) is 4.31 Å². The maximum atomic E-state index is 12.7. The zero-order valence-electron chi connectivity index (χ0n) is 39.7. The van der Waals surface area contributed by atoms with E-state index in [4.69, 9.17) is 19.5 Å². The van der Waals surface area contributed by atoms with Crippen molar-refractivity contribution in [1.29, 1.82) is 0 Å². The molecule has 0 saturated carbocycles. The number of rotatable bonds is 34. The second-order valence-corrected chi connectivity index (χ2v) is 22.0. The standard InChI is InChI=1S/C38H68N7O17P3S.Li.H/c1-4-5-6-7-8-9-10-11-12-13-14-15-16-17-18-29(47)66-22-21-40-28(46)19-20-41-36(50)33(49)38(2,3)24-59-65(56,57)62-64(54,55)58-23-27-32(61-63(51,52)53)31(48)37(60-27)45-26-44-30-34(39)42-25-43-35(30)45;;/h25-27,31-33,37,48-49H,4-24H2,1-3H3,(H,40,46)(H,41,50)(H,54,55)(H,56,57)(H2,39,42,43)(H2,51,52,53);;/q;+1;-1/t27-,31-,32-,33+,37-;;/m1../s1.